The fourth-order valence-corrected chi connectivity index (χ4v) is 6.45. The van der Waals surface area contributed by atoms with Gasteiger partial charge in [-0.25, -0.2) is 8.42 Å². The molecule has 0 aromatic carbocycles. The number of carbonyl (C=O) groups is 1. The van der Waals surface area contributed by atoms with Crippen LogP contribution in [0.5, 0.6) is 0 Å². The van der Waals surface area contributed by atoms with E-state index in [4.69, 9.17) is 16.1 Å². The summed E-state index contributed by atoms with van der Waals surface area (Å²) >= 11 is 7.44. The van der Waals surface area contributed by atoms with Crippen molar-refractivity contribution in [2.24, 2.45) is 5.92 Å². The Balaban J connectivity index is 1.67. The predicted octanol–water partition coefficient (Wildman–Crippen LogP) is 3.62. The van der Waals surface area contributed by atoms with Crippen molar-refractivity contribution in [3.63, 3.8) is 0 Å². The number of halogens is 1. The number of hydrogen-bond donors (Lipinski definition) is 0. The molecule has 0 atom stereocenters. The SMILES string of the molecule is C=CCN(Cc1ccc(Cl)s1)C(=O)C1CCN(S(=O)(=O)c2c(C)noc2C)CC1. The highest BCUT2D eigenvalue weighted by molar-refractivity contribution is 7.89. The van der Waals surface area contributed by atoms with Gasteiger partial charge in [-0.3, -0.25) is 4.79 Å². The summed E-state index contributed by atoms with van der Waals surface area (Å²) in [5.74, 6) is 0.0813. The molecule has 1 aliphatic heterocycles. The Kier molecular flexibility index (Phi) is 6.83. The topological polar surface area (TPSA) is 83.7 Å². The second kappa shape index (κ2) is 8.99. The van der Waals surface area contributed by atoms with Crippen LogP contribution in [0.25, 0.3) is 0 Å². The van der Waals surface area contributed by atoms with Crippen LogP contribution in [-0.2, 0) is 21.4 Å². The summed E-state index contributed by atoms with van der Waals surface area (Å²) in [5, 5.41) is 3.75. The number of hydrogen-bond acceptors (Lipinski definition) is 6. The monoisotopic (exact) mass is 457 g/mol. The van der Waals surface area contributed by atoms with Gasteiger partial charge in [-0.2, -0.15) is 4.31 Å². The van der Waals surface area contributed by atoms with Crippen LogP contribution in [-0.4, -0.2) is 48.3 Å². The van der Waals surface area contributed by atoms with Crippen LogP contribution in [0.2, 0.25) is 4.34 Å². The van der Waals surface area contributed by atoms with E-state index >= 15 is 0 Å². The van der Waals surface area contributed by atoms with Crippen LogP contribution in [0.3, 0.4) is 0 Å². The first kappa shape index (κ1) is 22.0. The fourth-order valence-electron chi connectivity index (χ4n) is 3.59. The summed E-state index contributed by atoms with van der Waals surface area (Å²) in [4.78, 5) is 15.9. The second-order valence-electron chi connectivity index (χ2n) is 7.04. The molecule has 158 valence electrons. The Hall–Kier alpha value is -1.68. The molecule has 0 spiro atoms. The summed E-state index contributed by atoms with van der Waals surface area (Å²) in [5.41, 5.74) is 0.354. The number of aryl methyl sites for hydroxylation is 2. The minimum absolute atomic E-state index is 0.0174. The van der Waals surface area contributed by atoms with Crippen LogP contribution in [0.4, 0.5) is 0 Å². The lowest BCUT2D eigenvalue weighted by molar-refractivity contribution is -0.136. The van der Waals surface area contributed by atoms with Crippen LogP contribution < -0.4 is 0 Å². The van der Waals surface area contributed by atoms with E-state index in [0.29, 0.717) is 36.0 Å². The maximum Gasteiger partial charge on any atom is 0.248 e. The van der Waals surface area contributed by atoms with Gasteiger partial charge in [-0.15, -0.1) is 17.9 Å². The molecule has 10 heteroatoms. The van der Waals surface area contributed by atoms with Gasteiger partial charge >= 0.3 is 0 Å². The lowest BCUT2D eigenvalue weighted by atomic mass is 9.96. The van der Waals surface area contributed by atoms with Crippen molar-refractivity contribution in [2.75, 3.05) is 19.6 Å². The molecule has 0 unspecified atom stereocenters. The van der Waals surface area contributed by atoms with E-state index in [2.05, 4.69) is 11.7 Å². The van der Waals surface area contributed by atoms with Gasteiger partial charge in [0.25, 0.3) is 0 Å². The van der Waals surface area contributed by atoms with Crippen LogP contribution in [0.1, 0.15) is 29.2 Å². The highest BCUT2D eigenvalue weighted by Crippen LogP contribution is 2.29. The molecule has 1 fully saturated rings. The standard InChI is InChI=1S/C19H24ClN3O4S2/c1-4-9-22(12-16-5-6-17(20)28-16)19(24)15-7-10-23(11-8-15)29(25,26)18-13(2)21-27-14(18)3/h4-6,15H,1,7-12H2,2-3H3. The third-order valence-electron chi connectivity index (χ3n) is 5.01. The van der Waals surface area contributed by atoms with Gasteiger partial charge in [0.05, 0.1) is 10.9 Å². The molecule has 0 radical (unpaired) electrons. The molecule has 1 saturated heterocycles. The maximum absolute atomic E-state index is 13.0. The van der Waals surface area contributed by atoms with Gasteiger partial charge in [0.1, 0.15) is 10.6 Å². The summed E-state index contributed by atoms with van der Waals surface area (Å²) in [6.45, 7) is 8.43. The lowest BCUT2D eigenvalue weighted by Gasteiger charge is -2.33. The molecule has 29 heavy (non-hydrogen) atoms. The van der Waals surface area contributed by atoms with Crippen molar-refractivity contribution in [1.29, 1.82) is 0 Å². The maximum atomic E-state index is 13.0. The van der Waals surface area contributed by atoms with E-state index in [0.717, 1.165) is 4.88 Å². The molecule has 0 saturated carbocycles. The summed E-state index contributed by atoms with van der Waals surface area (Å²) in [6.07, 6.45) is 2.64. The van der Waals surface area contributed by atoms with Crippen LogP contribution in [0, 0.1) is 19.8 Å². The van der Waals surface area contributed by atoms with Crippen molar-refractivity contribution in [3.8, 4) is 0 Å². The minimum atomic E-state index is -3.68. The highest BCUT2D eigenvalue weighted by atomic mass is 35.5. The zero-order valence-corrected chi connectivity index (χ0v) is 18.8. The van der Waals surface area contributed by atoms with Gasteiger partial charge in [-0.1, -0.05) is 22.8 Å². The van der Waals surface area contributed by atoms with Gasteiger partial charge in [-0.05, 0) is 38.8 Å². The molecule has 0 N–H and O–H groups in total. The Morgan fingerprint density at radius 3 is 2.62 bits per heavy atom. The van der Waals surface area contributed by atoms with Gasteiger partial charge < -0.3 is 9.42 Å². The van der Waals surface area contributed by atoms with E-state index in [-0.39, 0.29) is 35.6 Å². The largest absolute Gasteiger partial charge is 0.360 e. The van der Waals surface area contributed by atoms with Crippen molar-refractivity contribution in [1.82, 2.24) is 14.4 Å². The second-order valence-corrected chi connectivity index (χ2v) is 10.7. The number of carbonyl (C=O) groups excluding carboxylic acids is 1. The third-order valence-corrected chi connectivity index (χ3v) is 8.37. The minimum Gasteiger partial charge on any atom is -0.360 e. The Morgan fingerprint density at radius 1 is 1.41 bits per heavy atom. The normalized spacial score (nSPS) is 16.1. The zero-order chi connectivity index (χ0) is 21.2. The molecule has 7 nitrogen and oxygen atoms in total. The number of aromatic nitrogens is 1. The summed E-state index contributed by atoms with van der Waals surface area (Å²) in [6, 6.07) is 3.73. The average molecular weight is 458 g/mol. The molecule has 3 heterocycles. The van der Waals surface area contributed by atoms with Gasteiger partial charge in [0.2, 0.25) is 15.9 Å². The quantitative estimate of drug-likeness (QED) is 0.593. The molecule has 3 rings (SSSR count). The molecular formula is C19H24ClN3O4S2. The lowest BCUT2D eigenvalue weighted by Crippen LogP contribution is -2.44. The number of thiophene rings is 1. The van der Waals surface area contributed by atoms with Crippen molar-refractivity contribution in [3.05, 3.63) is 45.5 Å². The first-order valence-electron chi connectivity index (χ1n) is 9.31. The third kappa shape index (κ3) is 4.74. The zero-order valence-electron chi connectivity index (χ0n) is 16.4. The smallest absolute Gasteiger partial charge is 0.248 e. The molecule has 0 aliphatic carbocycles. The Bertz CT molecular complexity index is 972. The fraction of sp³-hybridized carbons (Fsp3) is 0.474. The number of piperidine rings is 1. The van der Waals surface area contributed by atoms with E-state index in [1.807, 2.05) is 12.1 Å². The van der Waals surface area contributed by atoms with Crippen LogP contribution in [0.15, 0.2) is 34.2 Å². The number of amides is 1. The van der Waals surface area contributed by atoms with E-state index in [1.54, 1.807) is 24.8 Å². The molecule has 0 bridgehead atoms. The first-order chi connectivity index (χ1) is 13.7. The van der Waals surface area contributed by atoms with E-state index in [1.165, 1.54) is 15.6 Å². The highest BCUT2D eigenvalue weighted by Gasteiger charge is 2.36. The molecule has 1 amide bonds. The average Bonchev–Trinajstić information content (AvgIpc) is 3.25. The Labute approximate surface area is 180 Å². The van der Waals surface area contributed by atoms with Gasteiger partial charge in [0.15, 0.2) is 5.76 Å². The number of nitrogens with zero attached hydrogens (tertiary/aromatic N) is 3. The molecular weight excluding hydrogens is 434 g/mol. The summed E-state index contributed by atoms with van der Waals surface area (Å²) < 4.78 is 33.0. The molecule has 2 aromatic heterocycles. The number of rotatable bonds is 7. The Morgan fingerprint density at radius 2 is 2.10 bits per heavy atom. The van der Waals surface area contributed by atoms with Gasteiger partial charge in [0, 0.05) is 30.4 Å². The van der Waals surface area contributed by atoms with Crippen molar-refractivity contribution < 1.29 is 17.7 Å². The van der Waals surface area contributed by atoms with Crippen molar-refractivity contribution in [2.45, 2.75) is 38.1 Å². The molecule has 1 aliphatic rings. The summed E-state index contributed by atoms with van der Waals surface area (Å²) in [7, 11) is -3.68. The number of sulfonamides is 1. The predicted molar refractivity (Wildman–Crippen MR) is 112 cm³/mol. The molecule has 2 aromatic rings. The first-order valence-corrected chi connectivity index (χ1v) is 11.9. The van der Waals surface area contributed by atoms with Crippen molar-refractivity contribution >= 4 is 38.9 Å². The van der Waals surface area contributed by atoms with Crippen LogP contribution >= 0.6 is 22.9 Å². The van der Waals surface area contributed by atoms with E-state index in [9.17, 15) is 13.2 Å². The van der Waals surface area contributed by atoms with E-state index < -0.39 is 10.0 Å².